The number of rotatable bonds is 4. The van der Waals surface area contributed by atoms with E-state index in [1.807, 2.05) is 13.0 Å². The standard InChI is InChI=1S/C22H29N3O3/c1-15-13-18(25-10-4-3-5-16(25)2)6-7-19(15)23-21(26)20-14-28-22(24-20)17-8-11-27-12-9-17/h6-7,13-14,16-17H,3-5,8-12H2,1-2H3,(H,23,26). The first-order valence-electron chi connectivity index (χ1n) is 10.3. The van der Waals surface area contributed by atoms with Gasteiger partial charge in [-0.15, -0.1) is 0 Å². The van der Waals surface area contributed by atoms with Crippen LogP contribution in [-0.2, 0) is 4.74 Å². The lowest BCUT2D eigenvalue weighted by Gasteiger charge is -2.35. The molecule has 2 fully saturated rings. The van der Waals surface area contributed by atoms with Crippen LogP contribution in [-0.4, -0.2) is 36.7 Å². The van der Waals surface area contributed by atoms with Gasteiger partial charge < -0.3 is 19.4 Å². The van der Waals surface area contributed by atoms with Crippen LogP contribution in [0.15, 0.2) is 28.9 Å². The third-order valence-corrected chi connectivity index (χ3v) is 5.92. The van der Waals surface area contributed by atoms with Crippen molar-refractivity contribution in [1.29, 1.82) is 0 Å². The maximum atomic E-state index is 12.6. The summed E-state index contributed by atoms with van der Waals surface area (Å²) in [5.74, 6) is 0.645. The number of oxazole rings is 1. The zero-order valence-electron chi connectivity index (χ0n) is 16.7. The molecular formula is C22H29N3O3. The van der Waals surface area contributed by atoms with Gasteiger partial charge in [0, 0.05) is 43.1 Å². The van der Waals surface area contributed by atoms with E-state index in [4.69, 9.17) is 9.15 Å². The Labute approximate surface area is 166 Å². The average Bonchev–Trinajstić information content (AvgIpc) is 3.21. The molecule has 150 valence electrons. The number of hydrogen-bond donors (Lipinski definition) is 1. The maximum Gasteiger partial charge on any atom is 0.277 e. The molecule has 0 aliphatic carbocycles. The molecule has 1 N–H and O–H groups in total. The van der Waals surface area contributed by atoms with Crippen LogP contribution in [0, 0.1) is 6.92 Å². The first-order chi connectivity index (χ1) is 13.6. The van der Waals surface area contributed by atoms with Crippen molar-refractivity contribution in [2.45, 2.75) is 57.9 Å². The van der Waals surface area contributed by atoms with Crippen molar-refractivity contribution in [3.8, 4) is 0 Å². The Morgan fingerprint density at radius 1 is 1.21 bits per heavy atom. The van der Waals surface area contributed by atoms with Crippen molar-refractivity contribution in [1.82, 2.24) is 4.98 Å². The van der Waals surface area contributed by atoms with Gasteiger partial charge in [-0.25, -0.2) is 4.98 Å². The van der Waals surface area contributed by atoms with Gasteiger partial charge in [-0.3, -0.25) is 4.79 Å². The molecule has 6 heteroatoms. The number of nitrogens with one attached hydrogen (secondary N) is 1. The van der Waals surface area contributed by atoms with E-state index in [9.17, 15) is 4.79 Å². The Kier molecular flexibility index (Phi) is 5.67. The van der Waals surface area contributed by atoms with Gasteiger partial charge in [0.15, 0.2) is 11.6 Å². The van der Waals surface area contributed by atoms with Crippen LogP contribution >= 0.6 is 0 Å². The molecular weight excluding hydrogens is 354 g/mol. The fraction of sp³-hybridized carbons (Fsp3) is 0.545. The van der Waals surface area contributed by atoms with Crippen molar-refractivity contribution >= 4 is 17.3 Å². The molecule has 1 unspecified atom stereocenters. The Balaban J connectivity index is 1.43. The highest BCUT2D eigenvalue weighted by molar-refractivity contribution is 6.03. The molecule has 2 aliphatic rings. The van der Waals surface area contributed by atoms with Crippen molar-refractivity contribution in [2.75, 3.05) is 30.0 Å². The number of amides is 1. The highest BCUT2D eigenvalue weighted by atomic mass is 16.5. The van der Waals surface area contributed by atoms with Crippen LogP contribution in [0.1, 0.15) is 66.9 Å². The molecule has 2 aliphatic heterocycles. The number of benzene rings is 1. The molecule has 0 radical (unpaired) electrons. The predicted octanol–water partition coefficient (Wildman–Crippen LogP) is 4.51. The second-order valence-electron chi connectivity index (χ2n) is 7.95. The maximum absolute atomic E-state index is 12.6. The molecule has 4 rings (SSSR count). The van der Waals surface area contributed by atoms with E-state index in [0.717, 1.165) is 43.9 Å². The van der Waals surface area contributed by atoms with E-state index in [0.29, 0.717) is 17.6 Å². The van der Waals surface area contributed by atoms with Crippen LogP contribution in [0.4, 0.5) is 11.4 Å². The van der Waals surface area contributed by atoms with Crippen molar-refractivity contribution in [3.63, 3.8) is 0 Å². The molecule has 0 saturated carbocycles. The minimum atomic E-state index is -0.232. The lowest BCUT2D eigenvalue weighted by Crippen LogP contribution is -2.37. The largest absolute Gasteiger partial charge is 0.448 e. The van der Waals surface area contributed by atoms with Gasteiger partial charge in [0.25, 0.3) is 5.91 Å². The molecule has 6 nitrogen and oxygen atoms in total. The number of aryl methyl sites for hydroxylation is 1. The van der Waals surface area contributed by atoms with E-state index in [-0.39, 0.29) is 11.8 Å². The zero-order valence-corrected chi connectivity index (χ0v) is 16.7. The molecule has 1 aromatic carbocycles. The summed E-state index contributed by atoms with van der Waals surface area (Å²) < 4.78 is 10.9. The van der Waals surface area contributed by atoms with Crippen LogP contribution < -0.4 is 10.2 Å². The molecule has 3 heterocycles. The number of nitrogens with zero attached hydrogens (tertiary/aromatic N) is 2. The summed E-state index contributed by atoms with van der Waals surface area (Å²) >= 11 is 0. The summed E-state index contributed by atoms with van der Waals surface area (Å²) in [6.45, 7) is 6.85. The van der Waals surface area contributed by atoms with E-state index >= 15 is 0 Å². The number of carbonyl (C=O) groups is 1. The Hall–Kier alpha value is -2.34. The first-order valence-corrected chi connectivity index (χ1v) is 10.3. The van der Waals surface area contributed by atoms with Gasteiger partial charge in [0.05, 0.1) is 0 Å². The number of aromatic nitrogens is 1. The average molecular weight is 383 g/mol. The zero-order chi connectivity index (χ0) is 19.5. The van der Waals surface area contributed by atoms with Crippen LogP contribution in [0.5, 0.6) is 0 Å². The lowest BCUT2D eigenvalue weighted by molar-refractivity contribution is 0.0794. The van der Waals surface area contributed by atoms with E-state index < -0.39 is 0 Å². The van der Waals surface area contributed by atoms with Gasteiger partial charge >= 0.3 is 0 Å². The summed E-state index contributed by atoms with van der Waals surface area (Å²) in [5.41, 5.74) is 3.42. The third-order valence-electron chi connectivity index (χ3n) is 5.92. The number of hydrogen-bond acceptors (Lipinski definition) is 5. The summed E-state index contributed by atoms with van der Waals surface area (Å²) in [6.07, 6.45) is 7.01. The number of piperidine rings is 1. The summed E-state index contributed by atoms with van der Waals surface area (Å²) in [6, 6.07) is 6.81. The van der Waals surface area contributed by atoms with Gasteiger partial charge in [0.2, 0.25) is 0 Å². The minimum absolute atomic E-state index is 0.232. The summed E-state index contributed by atoms with van der Waals surface area (Å²) in [7, 11) is 0. The van der Waals surface area contributed by atoms with Crippen molar-refractivity contribution < 1.29 is 13.9 Å². The molecule has 1 atom stereocenters. The second-order valence-corrected chi connectivity index (χ2v) is 7.95. The lowest BCUT2D eigenvalue weighted by atomic mass is 10.0. The fourth-order valence-electron chi connectivity index (χ4n) is 4.16. The molecule has 28 heavy (non-hydrogen) atoms. The molecule has 1 amide bonds. The number of anilines is 2. The third kappa shape index (κ3) is 4.07. The van der Waals surface area contributed by atoms with Gasteiger partial charge in [-0.2, -0.15) is 0 Å². The van der Waals surface area contributed by atoms with E-state index in [2.05, 4.69) is 34.3 Å². The SMILES string of the molecule is Cc1cc(N2CCCCC2C)ccc1NC(=O)c1coc(C2CCOCC2)n1. The Bertz CT molecular complexity index is 826. The van der Waals surface area contributed by atoms with Crippen molar-refractivity contribution in [2.24, 2.45) is 0 Å². The Morgan fingerprint density at radius 3 is 2.79 bits per heavy atom. The van der Waals surface area contributed by atoms with Gasteiger partial charge in [-0.1, -0.05) is 0 Å². The van der Waals surface area contributed by atoms with Crippen LogP contribution in [0.2, 0.25) is 0 Å². The first kappa shape index (κ1) is 19.0. The quantitative estimate of drug-likeness (QED) is 0.841. The second kappa shape index (κ2) is 8.35. The van der Waals surface area contributed by atoms with E-state index in [1.165, 1.54) is 31.2 Å². The fourth-order valence-corrected chi connectivity index (χ4v) is 4.16. The molecule has 2 aromatic rings. The molecule has 1 aromatic heterocycles. The van der Waals surface area contributed by atoms with Gasteiger partial charge in [-0.05, 0) is 69.7 Å². The van der Waals surface area contributed by atoms with Crippen LogP contribution in [0.3, 0.4) is 0 Å². The normalized spacial score (nSPS) is 20.9. The molecule has 0 spiro atoms. The van der Waals surface area contributed by atoms with Gasteiger partial charge in [0.1, 0.15) is 6.26 Å². The predicted molar refractivity (Wildman–Crippen MR) is 109 cm³/mol. The topological polar surface area (TPSA) is 67.6 Å². The molecule has 2 saturated heterocycles. The highest BCUT2D eigenvalue weighted by Crippen LogP contribution is 2.29. The summed E-state index contributed by atoms with van der Waals surface area (Å²) in [5, 5.41) is 2.98. The van der Waals surface area contributed by atoms with Crippen LogP contribution in [0.25, 0.3) is 0 Å². The van der Waals surface area contributed by atoms with Crippen molar-refractivity contribution in [3.05, 3.63) is 41.6 Å². The summed E-state index contributed by atoms with van der Waals surface area (Å²) in [4.78, 5) is 19.5. The monoisotopic (exact) mass is 383 g/mol. The Morgan fingerprint density at radius 2 is 2.04 bits per heavy atom. The molecule has 0 bridgehead atoms. The smallest absolute Gasteiger partial charge is 0.277 e. The highest BCUT2D eigenvalue weighted by Gasteiger charge is 2.23. The number of carbonyl (C=O) groups excluding carboxylic acids is 1. The van der Waals surface area contributed by atoms with E-state index in [1.54, 1.807) is 0 Å². The number of ether oxygens (including phenoxy) is 1. The minimum Gasteiger partial charge on any atom is -0.448 e.